The van der Waals surface area contributed by atoms with E-state index in [4.69, 9.17) is 9.47 Å². The predicted octanol–water partition coefficient (Wildman–Crippen LogP) is 2.72. The molecule has 1 saturated carbocycles. The van der Waals surface area contributed by atoms with Gasteiger partial charge in [0.1, 0.15) is 11.5 Å². The third-order valence-corrected chi connectivity index (χ3v) is 3.53. The van der Waals surface area contributed by atoms with Gasteiger partial charge >= 0.3 is 0 Å². The van der Waals surface area contributed by atoms with Crippen LogP contribution in [0.25, 0.3) is 0 Å². The fourth-order valence-electron chi connectivity index (χ4n) is 2.54. The van der Waals surface area contributed by atoms with E-state index in [-0.39, 0.29) is 12.0 Å². The Morgan fingerprint density at radius 2 is 1.59 bits per heavy atom. The molecular formula is C14H20O3. The van der Waals surface area contributed by atoms with Crippen molar-refractivity contribution in [3.63, 3.8) is 0 Å². The molecule has 0 bridgehead atoms. The van der Waals surface area contributed by atoms with Crippen LogP contribution in [0.5, 0.6) is 11.5 Å². The zero-order valence-corrected chi connectivity index (χ0v) is 10.5. The van der Waals surface area contributed by atoms with E-state index in [9.17, 15) is 5.11 Å². The molecule has 17 heavy (non-hydrogen) atoms. The van der Waals surface area contributed by atoms with Crippen LogP contribution in [0.15, 0.2) is 18.2 Å². The molecule has 0 spiro atoms. The van der Waals surface area contributed by atoms with Crippen molar-refractivity contribution in [2.75, 3.05) is 14.2 Å². The van der Waals surface area contributed by atoms with Gasteiger partial charge in [-0.1, -0.05) is 12.8 Å². The number of hydrogen-bond donors (Lipinski definition) is 1. The molecule has 3 nitrogen and oxygen atoms in total. The smallest absolute Gasteiger partial charge is 0.122 e. The van der Waals surface area contributed by atoms with E-state index in [2.05, 4.69) is 0 Å². The summed E-state index contributed by atoms with van der Waals surface area (Å²) in [5.74, 6) is 1.79. The predicted molar refractivity (Wildman–Crippen MR) is 66.8 cm³/mol. The van der Waals surface area contributed by atoms with Gasteiger partial charge in [0.2, 0.25) is 0 Å². The van der Waals surface area contributed by atoms with Crippen molar-refractivity contribution in [3.05, 3.63) is 23.8 Å². The second kappa shape index (κ2) is 5.41. The fraction of sp³-hybridized carbons (Fsp3) is 0.571. The fourth-order valence-corrected chi connectivity index (χ4v) is 2.54. The summed E-state index contributed by atoms with van der Waals surface area (Å²) in [6.07, 6.45) is 4.00. The van der Waals surface area contributed by atoms with Gasteiger partial charge in [-0.05, 0) is 30.5 Å². The van der Waals surface area contributed by atoms with E-state index in [0.717, 1.165) is 36.3 Å². The Kier molecular flexibility index (Phi) is 3.89. The van der Waals surface area contributed by atoms with Crippen molar-refractivity contribution in [1.29, 1.82) is 0 Å². The molecule has 94 valence electrons. The molecule has 1 aromatic carbocycles. The monoisotopic (exact) mass is 236 g/mol. The normalized spacial score (nSPS) is 24.4. The van der Waals surface area contributed by atoms with Crippen molar-refractivity contribution in [1.82, 2.24) is 0 Å². The molecule has 0 radical (unpaired) electrons. The Labute approximate surface area is 102 Å². The first-order valence-electron chi connectivity index (χ1n) is 6.15. The van der Waals surface area contributed by atoms with Crippen LogP contribution in [0.4, 0.5) is 0 Å². The van der Waals surface area contributed by atoms with Crippen molar-refractivity contribution < 1.29 is 14.6 Å². The second-order valence-electron chi connectivity index (χ2n) is 4.60. The van der Waals surface area contributed by atoms with Crippen LogP contribution in [0, 0.1) is 0 Å². The molecule has 0 aromatic heterocycles. The highest BCUT2D eigenvalue weighted by atomic mass is 16.5. The number of benzene rings is 1. The Balaban J connectivity index is 2.29. The Morgan fingerprint density at radius 1 is 1.00 bits per heavy atom. The van der Waals surface area contributed by atoms with E-state index >= 15 is 0 Å². The SMILES string of the molecule is COc1cc(OC)cc(C2CCCCC2O)c1. The molecule has 2 rings (SSSR count). The van der Waals surface area contributed by atoms with Crippen LogP contribution in [-0.4, -0.2) is 25.4 Å². The molecule has 3 heteroatoms. The lowest BCUT2D eigenvalue weighted by molar-refractivity contribution is 0.106. The average Bonchev–Trinajstić information content (AvgIpc) is 2.38. The highest BCUT2D eigenvalue weighted by Crippen LogP contribution is 2.36. The summed E-state index contributed by atoms with van der Waals surface area (Å²) >= 11 is 0. The first-order chi connectivity index (χ1) is 8.24. The second-order valence-corrected chi connectivity index (χ2v) is 4.60. The van der Waals surface area contributed by atoms with Crippen LogP contribution < -0.4 is 9.47 Å². The summed E-state index contributed by atoms with van der Waals surface area (Å²) < 4.78 is 10.5. The van der Waals surface area contributed by atoms with Gasteiger partial charge in [-0.15, -0.1) is 0 Å². The maximum Gasteiger partial charge on any atom is 0.122 e. The first kappa shape index (κ1) is 12.2. The highest BCUT2D eigenvalue weighted by molar-refractivity contribution is 5.40. The van der Waals surface area contributed by atoms with E-state index < -0.39 is 0 Å². The summed E-state index contributed by atoms with van der Waals surface area (Å²) in [7, 11) is 3.30. The van der Waals surface area contributed by atoms with Gasteiger partial charge in [-0.25, -0.2) is 0 Å². The van der Waals surface area contributed by atoms with Crippen LogP contribution in [-0.2, 0) is 0 Å². The summed E-state index contributed by atoms with van der Waals surface area (Å²) in [4.78, 5) is 0. The number of methoxy groups -OCH3 is 2. The minimum absolute atomic E-state index is 0.216. The molecule has 0 aliphatic heterocycles. The van der Waals surface area contributed by atoms with E-state index in [0.29, 0.717) is 0 Å². The van der Waals surface area contributed by atoms with Crippen LogP contribution in [0.2, 0.25) is 0 Å². The van der Waals surface area contributed by atoms with Crippen LogP contribution in [0.3, 0.4) is 0 Å². The third kappa shape index (κ3) is 2.72. The van der Waals surface area contributed by atoms with Crippen LogP contribution >= 0.6 is 0 Å². The third-order valence-electron chi connectivity index (χ3n) is 3.53. The van der Waals surface area contributed by atoms with E-state index in [1.54, 1.807) is 14.2 Å². The lowest BCUT2D eigenvalue weighted by Crippen LogP contribution is -2.22. The topological polar surface area (TPSA) is 38.7 Å². The minimum atomic E-state index is -0.236. The van der Waals surface area contributed by atoms with Gasteiger partial charge < -0.3 is 14.6 Å². The Hall–Kier alpha value is -1.22. The molecule has 1 aromatic rings. The lowest BCUT2D eigenvalue weighted by Gasteiger charge is -2.28. The molecule has 1 fully saturated rings. The standard InChI is InChI=1S/C14H20O3/c1-16-11-7-10(8-12(9-11)17-2)13-5-3-4-6-14(13)15/h7-9,13-15H,3-6H2,1-2H3. The number of rotatable bonds is 3. The van der Waals surface area contributed by atoms with Gasteiger partial charge in [0.15, 0.2) is 0 Å². The van der Waals surface area contributed by atoms with Crippen molar-refractivity contribution in [2.45, 2.75) is 37.7 Å². The number of aliphatic hydroxyl groups excluding tert-OH is 1. The average molecular weight is 236 g/mol. The quantitative estimate of drug-likeness (QED) is 0.877. The molecule has 0 heterocycles. The Morgan fingerprint density at radius 3 is 2.12 bits per heavy atom. The largest absolute Gasteiger partial charge is 0.497 e. The van der Waals surface area contributed by atoms with Gasteiger partial charge in [-0.3, -0.25) is 0 Å². The van der Waals surface area contributed by atoms with E-state index in [1.807, 2.05) is 18.2 Å². The van der Waals surface area contributed by atoms with Gasteiger partial charge in [0.05, 0.1) is 20.3 Å². The summed E-state index contributed by atoms with van der Waals surface area (Å²) in [5.41, 5.74) is 1.12. The molecule has 1 aliphatic carbocycles. The van der Waals surface area contributed by atoms with Crippen molar-refractivity contribution in [3.8, 4) is 11.5 Å². The van der Waals surface area contributed by atoms with Crippen molar-refractivity contribution >= 4 is 0 Å². The van der Waals surface area contributed by atoms with Crippen molar-refractivity contribution in [2.24, 2.45) is 0 Å². The molecule has 0 amide bonds. The molecule has 1 aliphatic rings. The van der Waals surface area contributed by atoms with E-state index in [1.165, 1.54) is 6.42 Å². The number of hydrogen-bond acceptors (Lipinski definition) is 3. The Bertz CT molecular complexity index is 353. The van der Waals surface area contributed by atoms with Gasteiger partial charge in [-0.2, -0.15) is 0 Å². The summed E-state index contributed by atoms with van der Waals surface area (Å²) in [6.45, 7) is 0. The molecule has 2 atom stereocenters. The highest BCUT2D eigenvalue weighted by Gasteiger charge is 2.25. The maximum atomic E-state index is 10.1. The molecule has 1 N–H and O–H groups in total. The summed E-state index contributed by atoms with van der Waals surface area (Å²) in [6, 6.07) is 5.86. The molecule has 0 saturated heterocycles. The molecule has 2 unspecified atom stereocenters. The zero-order valence-electron chi connectivity index (χ0n) is 10.5. The summed E-state index contributed by atoms with van der Waals surface area (Å²) in [5, 5.41) is 10.1. The van der Waals surface area contributed by atoms with Crippen LogP contribution in [0.1, 0.15) is 37.2 Å². The first-order valence-corrected chi connectivity index (χ1v) is 6.15. The minimum Gasteiger partial charge on any atom is -0.497 e. The zero-order chi connectivity index (χ0) is 12.3. The maximum absolute atomic E-state index is 10.1. The number of ether oxygens (including phenoxy) is 2. The number of aliphatic hydroxyl groups is 1. The lowest BCUT2D eigenvalue weighted by atomic mass is 9.81. The molecular weight excluding hydrogens is 216 g/mol. The van der Waals surface area contributed by atoms with Gasteiger partial charge in [0.25, 0.3) is 0 Å². The van der Waals surface area contributed by atoms with Gasteiger partial charge in [0, 0.05) is 12.0 Å².